The van der Waals surface area contributed by atoms with E-state index in [1.807, 2.05) is 39.3 Å². The molecule has 37 heavy (non-hydrogen) atoms. The summed E-state index contributed by atoms with van der Waals surface area (Å²) in [6, 6.07) is 11.8. The summed E-state index contributed by atoms with van der Waals surface area (Å²) in [5.74, 6) is 4.65. The number of rotatable bonds is 9. The van der Waals surface area contributed by atoms with Gasteiger partial charge in [0.1, 0.15) is 18.1 Å². The molecule has 8 heteroatoms. The van der Waals surface area contributed by atoms with Crippen molar-refractivity contribution in [2.45, 2.75) is 6.10 Å². The van der Waals surface area contributed by atoms with Crippen molar-refractivity contribution in [3.05, 3.63) is 65.6 Å². The average Bonchev–Trinajstić information content (AvgIpc) is 3.60. The number of oxime groups is 1. The molecule has 8 nitrogen and oxygen atoms in total. The second kappa shape index (κ2) is 9.96. The standard InChI is InChI=1S/C29H29N3O5/c1-7-24(18-10-12-35-17-18)37-30-28-20-15-25(33-5)26(34-6)16-21(20)29-27(28)22-14-19(36-13-11-31(2)3)8-9-23(22)32(29)4/h1,8-10,12,14-17,24H,11,13H2,2-6H3/b30-28-. The molecule has 2 aromatic carbocycles. The van der Waals surface area contributed by atoms with Crippen molar-refractivity contribution >= 4 is 16.6 Å². The number of aromatic nitrogens is 1. The van der Waals surface area contributed by atoms with Crippen molar-refractivity contribution in [3.63, 3.8) is 0 Å². The molecular formula is C29H29N3O5. The van der Waals surface area contributed by atoms with E-state index in [-0.39, 0.29) is 0 Å². The second-order valence-electron chi connectivity index (χ2n) is 9.01. The van der Waals surface area contributed by atoms with Crippen molar-refractivity contribution in [3.8, 4) is 40.8 Å². The molecule has 0 fully saturated rings. The Hall–Kier alpha value is -4.35. The number of furan rings is 1. The number of hydrogen-bond donors (Lipinski definition) is 0. The van der Waals surface area contributed by atoms with Gasteiger partial charge in [-0.05, 0) is 50.5 Å². The molecule has 0 amide bonds. The lowest BCUT2D eigenvalue weighted by Crippen LogP contribution is -2.19. The zero-order chi connectivity index (χ0) is 26.1. The SMILES string of the molecule is C#CC(O/N=C1/c2cc(OC)c(OC)cc2-c2c1c1cc(OCCN(C)C)ccc1n2C)c1ccoc1. The van der Waals surface area contributed by atoms with E-state index in [0.29, 0.717) is 29.4 Å². The highest BCUT2D eigenvalue weighted by Crippen LogP contribution is 2.47. The number of terminal acetylenes is 1. The van der Waals surface area contributed by atoms with Crippen LogP contribution in [-0.4, -0.2) is 56.6 Å². The van der Waals surface area contributed by atoms with Crippen LogP contribution in [0, 0.1) is 12.3 Å². The Morgan fingerprint density at radius 2 is 1.84 bits per heavy atom. The second-order valence-corrected chi connectivity index (χ2v) is 9.01. The highest BCUT2D eigenvalue weighted by atomic mass is 16.6. The fourth-order valence-electron chi connectivity index (χ4n) is 4.63. The Labute approximate surface area is 216 Å². The first-order chi connectivity index (χ1) is 18.0. The lowest BCUT2D eigenvalue weighted by molar-refractivity contribution is 0.0996. The maximum absolute atomic E-state index is 6.04. The number of methoxy groups -OCH3 is 2. The van der Waals surface area contributed by atoms with Gasteiger partial charge in [-0.25, -0.2) is 0 Å². The highest BCUT2D eigenvalue weighted by Gasteiger charge is 2.34. The molecule has 0 N–H and O–H groups in total. The number of likely N-dealkylation sites (N-methyl/N-ethyl adjacent to an activating group) is 1. The van der Waals surface area contributed by atoms with Gasteiger partial charge < -0.3 is 32.9 Å². The molecule has 0 aliphatic heterocycles. The van der Waals surface area contributed by atoms with E-state index < -0.39 is 6.10 Å². The fourth-order valence-corrected chi connectivity index (χ4v) is 4.63. The van der Waals surface area contributed by atoms with Crippen LogP contribution in [0.15, 0.2) is 58.5 Å². The van der Waals surface area contributed by atoms with E-state index in [1.165, 1.54) is 0 Å². The first-order valence-electron chi connectivity index (χ1n) is 11.9. The smallest absolute Gasteiger partial charge is 0.215 e. The van der Waals surface area contributed by atoms with Gasteiger partial charge in [0.15, 0.2) is 11.5 Å². The predicted molar refractivity (Wildman–Crippen MR) is 143 cm³/mol. The molecule has 4 aromatic rings. The Morgan fingerprint density at radius 1 is 1.08 bits per heavy atom. The van der Waals surface area contributed by atoms with Crippen molar-refractivity contribution in [2.75, 3.05) is 41.5 Å². The lowest BCUT2D eigenvalue weighted by Gasteiger charge is -2.13. The van der Waals surface area contributed by atoms with Crippen LogP contribution < -0.4 is 14.2 Å². The van der Waals surface area contributed by atoms with Crippen LogP contribution in [0.2, 0.25) is 0 Å². The Bertz CT molecular complexity index is 1510. The van der Waals surface area contributed by atoms with E-state index in [4.69, 9.17) is 29.9 Å². The van der Waals surface area contributed by atoms with E-state index in [9.17, 15) is 0 Å². The van der Waals surface area contributed by atoms with Crippen molar-refractivity contribution in [2.24, 2.45) is 12.2 Å². The normalized spacial score (nSPS) is 13.9. The monoisotopic (exact) mass is 499 g/mol. The van der Waals surface area contributed by atoms with Gasteiger partial charge in [0.25, 0.3) is 0 Å². The number of aryl methyl sites for hydroxylation is 1. The Kier molecular flexibility index (Phi) is 6.55. The summed E-state index contributed by atoms with van der Waals surface area (Å²) >= 11 is 0. The third-order valence-corrected chi connectivity index (χ3v) is 6.50. The Balaban J connectivity index is 1.67. The lowest BCUT2D eigenvalue weighted by atomic mass is 10.1. The van der Waals surface area contributed by atoms with Gasteiger partial charge in [0, 0.05) is 46.7 Å². The molecule has 1 unspecified atom stereocenters. The van der Waals surface area contributed by atoms with Crippen LogP contribution >= 0.6 is 0 Å². The quantitative estimate of drug-likeness (QED) is 0.213. The zero-order valence-electron chi connectivity index (χ0n) is 21.6. The van der Waals surface area contributed by atoms with Crippen molar-refractivity contribution in [1.82, 2.24) is 9.47 Å². The molecule has 1 aliphatic carbocycles. The first-order valence-corrected chi connectivity index (χ1v) is 11.9. The van der Waals surface area contributed by atoms with Gasteiger partial charge in [0.05, 0.1) is 32.4 Å². The van der Waals surface area contributed by atoms with E-state index in [1.54, 1.807) is 32.8 Å². The van der Waals surface area contributed by atoms with Crippen molar-refractivity contribution in [1.29, 1.82) is 0 Å². The molecule has 190 valence electrons. The number of fused-ring (bicyclic) bond motifs is 5. The molecule has 0 spiro atoms. The minimum atomic E-state index is -0.696. The third-order valence-electron chi connectivity index (χ3n) is 6.50. The van der Waals surface area contributed by atoms with Crippen LogP contribution in [-0.2, 0) is 11.9 Å². The highest BCUT2D eigenvalue weighted by molar-refractivity contribution is 6.30. The van der Waals surface area contributed by atoms with E-state index >= 15 is 0 Å². The van der Waals surface area contributed by atoms with Gasteiger partial charge in [-0.3, -0.25) is 0 Å². The maximum Gasteiger partial charge on any atom is 0.215 e. The number of benzene rings is 2. The zero-order valence-corrected chi connectivity index (χ0v) is 21.6. The summed E-state index contributed by atoms with van der Waals surface area (Å²) in [5.41, 5.74) is 6.17. The van der Waals surface area contributed by atoms with E-state index in [0.717, 1.165) is 45.6 Å². The topological polar surface area (TPSA) is 70.6 Å². The summed E-state index contributed by atoms with van der Waals surface area (Å²) in [5, 5.41) is 5.61. The number of nitrogens with zero attached hydrogens (tertiary/aromatic N) is 3. The van der Waals surface area contributed by atoms with Gasteiger partial charge in [-0.15, -0.1) is 6.42 Å². The molecule has 1 atom stereocenters. The van der Waals surface area contributed by atoms with Gasteiger partial charge in [-0.2, -0.15) is 0 Å². The third kappa shape index (κ3) is 4.28. The van der Waals surface area contributed by atoms with Crippen LogP contribution in [0.25, 0.3) is 22.2 Å². The van der Waals surface area contributed by atoms with Gasteiger partial charge >= 0.3 is 0 Å². The summed E-state index contributed by atoms with van der Waals surface area (Å²) < 4.78 is 24.6. The molecule has 2 aromatic heterocycles. The van der Waals surface area contributed by atoms with Crippen molar-refractivity contribution < 1.29 is 23.5 Å². The summed E-state index contributed by atoms with van der Waals surface area (Å²) in [6.45, 7) is 1.40. The van der Waals surface area contributed by atoms with Crippen LogP contribution in [0.4, 0.5) is 0 Å². The average molecular weight is 500 g/mol. The van der Waals surface area contributed by atoms with Gasteiger partial charge in [-0.1, -0.05) is 11.1 Å². The fraction of sp³-hybridized carbons (Fsp3) is 0.276. The summed E-state index contributed by atoms with van der Waals surface area (Å²) in [4.78, 5) is 8.00. The molecular weight excluding hydrogens is 470 g/mol. The maximum atomic E-state index is 6.04. The molecule has 1 aliphatic rings. The van der Waals surface area contributed by atoms with Crippen LogP contribution in [0.5, 0.6) is 17.2 Å². The largest absolute Gasteiger partial charge is 0.493 e. The number of ether oxygens (including phenoxy) is 3. The molecule has 5 rings (SSSR count). The molecule has 2 heterocycles. The Morgan fingerprint density at radius 3 is 2.49 bits per heavy atom. The minimum Gasteiger partial charge on any atom is -0.493 e. The molecule has 0 bridgehead atoms. The molecule has 0 radical (unpaired) electrons. The molecule has 0 saturated heterocycles. The molecule has 0 saturated carbocycles. The van der Waals surface area contributed by atoms with E-state index in [2.05, 4.69) is 32.7 Å². The number of hydrogen-bond acceptors (Lipinski definition) is 7. The van der Waals surface area contributed by atoms with Gasteiger partial charge in [0.2, 0.25) is 6.10 Å². The summed E-state index contributed by atoms with van der Waals surface area (Å²) in [6.07, 6.45) is 8.17. The first kappa shape index (κ1) is 24.3. The summed E-state index contributed by atoms with van der Waals surface area (Å²) in [7, 11) is 9.31. The predicted octanol–water partition coefficient (Wildman–Crippen LogP) is 4.85. The van der Waals surface area contributed by atoms with Crippen LogP contribution in [0.1, 0.15) is 22.8 Å². The van der Waals surface area contributed by atoms with Crippen LogP contribution in [0.3, 0.4) is 0 Å². The minimum absolute atomic E-state index is 0.584.